The van der Waals surface area contributed by atoms with E-state index in [1.54, 1.807) is 29.3 Å². The van der Waals surface area contributed by atoms with Gasteiger partial charge in [0.1, 0.15) is 10.2 Å². The number of hydrogen-bond donors (Lipinski definition) is 2. The molecular formula is C7H11N3OS2. The summed E-state index contributed by atoms with van der Waals surface area (Å²) in [6, 6.07) is 0. The number of aromatic nitrogens is 1. The molecule has 4 nitrogen and oxygen atoms in total. The zero-order valence-corrected chi connectivity index (χ0v) is 8.64. The van der Waals surface area contributed by atoms with Crippen molar-refractivity contribution in [3.8, 4) is 0 Å². The van der Waals surface area contributed by atoms with E-state index in [-0.39, 0.29) is 0 Å². The van der Waals surface area contributed by atoms with Crippen LogP contribution in [0.25, 0.3) is 0 Å². The fourth-order valence-electron chi connectivity index (χ4n) is 0.744. The van der Waals surface area contributed by atoms with Gasteiger partial charge in [0.2, 0.25) is 0 Å². The van der Waals surface area contributed by atoms with E-state index in [1.165, 1.54) is 0 Å². The Morgan fingerprint density at radius 1 is 1.77 bits per heavy atom. The van der Waals surface area contributed by atoms with Crippen LogP contribution in [-0.4, -0.2) is 21.8 Å². The molecule has 0 bridgehead atoms. The normalized spacial score (nSPS) is 11.8. The van der Waals surface area contributed by atoms with Crippen molar-refractivity contribution >= 4 is 28.9 Å². The molecule has 1 rings (SSSR count). The Hall–Kier alpha value is -0.750. The average molecular weight is 217 g/mol. The van der Waals surface area contributed by atoms with Gasteiger partial charge in [-0.05, 0) is 6.42 Å². The SMILES string of the molecule is N/C(CCCSc1nccs1)=N/O. The van der Waals surface area contributed by atoms with Gasteiger partial charge >= 0.3 is 0 Å². The molecule has 0 aliphatic carbocycles. The van der Waals surface area contributed by atoms with Crippen LogP contribution >= 0.6 is 23.1 Å². The summed E-state index contributed by atoms with van der Waals surface area (Å²) in [4.78, 5) is 4.12. The van der Waals surface area contributed by atoms with Crippen molar-refractivity contribution in [2.45, 2.75) is 17.2 Å². The van der Waals surface area contributed by atoms with Crippen molar-refractivity contribution in [3.05, 3.63) is 11.6 Å². The smallest absolute Gasteiger partial charge is 0.149 e. The molecule has 3 N–H and O–H groups in total. The summed E-state index contributed by atoms with van der Waals surface area (Å²) in [5.41, 5.74) is 5.31. The molecule has 1 aromatic rings. The van der Waals surface area contributed by atoms with Crippen LogP contribution in [0, 0.1) is 0 Å². The van der Waals surface area contributed by atoms with E-state index in [4.69, 9.17) is 10.9 Å². The number of amidine groups is 1. The van der Waals surface area contributed by atoms with Gasteiger partial charge in [0.15, 0.2) is 0 Å². The Bertz CT molecular complexity index is 261. The number of nitrogens with zero attached hydrogens (tertiary/aromatic N) is 2. The molecule has 0 radical (unpaired) electrons. The summed E-state index contributed by atoms with van der Waals surface area (Å²) >= 11 is 3.32. The second-order valence-electron chi connectivity index (χ2n) is 2.34. The van der Waals surface area contributed by atoms with Gasteiger partial charge < -0.3 is 10.9 Å². The first-order chi connectivity index (χ1) is 6.33. The number of rotatable bonds is 5. The molecule has 1 aromatic heterocycles. The first kappa shape index (κ1) is 10.3. The van der Waals surface area contributed by atoms with E-state index < -0.39 is 0 Å². The maximum absolute atomic E-state index is 8.26. The summed E-state index contributed by atoms with van der Waals surface area (Å²) in [5, 5.41) is 13.1. The Kier molecular flexibility index (Phi) is 4.63. The fourth-order valence-corrected chi connectivity index (χ4v) is 2.39. The molecule has 0 fully saturated rings. The predicted octanol–water partition coefficient (Wildman–Crippen LogP) is 1.76. The fraction of sp³-hybridized carbons (Fsp3) is 0.429. The van der Waals surface area contributed by atoms with Crippen LogP contribution in [0.1, 0.15) is 12.8 Å². The van der Waals surface area contributed by atoms with Gasteiger partial charge in [-0.25, -0.2) is 4.98 Å². The van der Waals surface area contributed by atoms with Crippen molar-refractivity contribution in [2.75, 3.05) is 5.75 Å². The van der Waals surface area contributed by atoms with Gasteiger partial charge in [0.05, 0.1) is 0 Å². The lowest BCUT2D eigenvalue weighted by atomic mass is 10.3. The largest absolute Gasteiger partial charge is 0.409 e. The van der Waals surface area contributed by atoms with Crippen LogP contribution in [0.2, 0.25) is 0 Å². The number of thiazole rings is 1. The van der Waals surface area contributed by atoms with E-state index in [0.29, 0.717) is 12.3 Å². The minimum absolute atomic E-state index is 0.291. The van der Waals surface area contributed by atoms with Gasteiger partial charge in [-0.1, -0.05) is 16.9 Å². The molecule has 0 spiro atoms. The highest BCUT2D eigenvalue weighted by Crippen LogP contribution is 2.20. The van der Waals surface area contributed by atoms with Gasteiger partial charge in [0, 0.05) is 23.8 Å². The van der Waals surface area contributed by atoms with Gasteiger partial charge in [-0.2, -0.15) is 0 Å². The summed E-state index contributed by atoms with van der Waals surface area (Å²) in [6.45, 7) is 0. The lowest BCUT2D eigenvalue weighted by Gasteiger charge is -1.96. The average Bonchev–Trinajstić information content (AvgIpc) is 2.64. The van der Waals surface area contributed by atoms with Crippen molar-refractivity contribution in [1.82, 2.24) is 4.98 Å². The lowest BCUT2D eigenvalue weighted by Crippen LogP contribution is -2.11. The first-order valence-electron chi connectivity index (χ1n) is 3.81. The number of thioether (sulfide) groups is 1. The number of nitrogens with two attached hydrogens (primary N) is 1. The number of oxime groups is 1. The molecule has 0 aliphatic heterocycles. The van der Waals surface area contributed by atoms with Gasteiger partial charge in [0.25, 0.3) is 0 Å². The van der Waals surface area contributed by atoms with Crippen LogP contribution in [0.15, 0.2) is 21.1 Å². The molecular weight excluding hydrogens is 206 g/mol. The summed E-state index contributed by atoms with van der Waals surface area (Å²) in [7, 11) is 0. The molecule has 0 aliphatic rings. The van der Waals surface area contributed by atoms with E-state index in [1.807, 2.05) is 5.38 Å². The van der Waals surface area contributed by atoms with Crippen LogP contribution in [-0.2, 0) is 0 Å². The molecule has 0 atom stereocenters. The topological polar surface area (TPSA) is 71.5 Å². The highest BCUT2D eigenvalue weighted by atomic mass is 32.2. The van der Waals surface area contributed by atoms with Crippen molar-refractivity contribution in [2.24, 2.45) is 10.9 Å². The first-order valence-corrected chi connectivity index (χ1v) is 5.68. The van der Waals surface area contributed by atoms with Gasteiger partial charge in [-0.15, -0.1) is 11.3 Å². The third-order valence-electron chi connectivity index (χ3n) is 1.34. The highest BCUT2D eigenvalue weighted by molar-refractivity contribution is 8.00. The summed E-state index contributed by atoms with van der Waals surface area (Å²) in [6.07, 6.45) is 3.32. The minimum Gasteiger partial charge on any atom is -0.409 e. The second kappa shape index (κ2) is 5.82. The molecule has 0 unspecified atom stereocenters. The molecule has 0 saturated carbocycles. The zero-order chi connectivity index (χ0) is 9.52. The standard InChI is InChI=1S/C7H11N3OS2/c8-6(10-11)2-1-4-12-7-9-3-5-13-7/h3,5,11H,1-2,4H2,(H2,8,10). The monoisotopic (exact) mass is 217 g/mol. The Morgan fingerprint density at radius 2 is 2.62 bits per heavy atom. The third-order valence-corrected chi connectivity index (χ3v) is 3.39. The molecule has 1 heterocycles. The van der Waals surface area contributed by atoms with E-state index in [2.05, 4.69) is 10.1 Å². The van der Waals surface area contributed by atoms with Crippen LogP contribution < -0.4 is 5.73 Å². The maximum Gasteiger partial charge on any atom is 0.149 e. The minimum atomic E-state index is 0.291. The van der Waals surface area contributed by atoms with Gasteiger partial charge in [-0.3, -0.25) is 0 Å². The van der Waals surface area contributed by atoms with Crippen LogP contribution in [0.4, 0.5) is 0 Å². The lowest BCUT2D eigenvalue weighted by molar-refractivity contribution is 0.317. The predicted molar refractivity (Wildman–Crippen MR) is 55.5 cm³/mol. The molecule has 13 heavy (non-hydrogen) atoms. The van der Waals surface area contributed by atoms with Crippen LogP contribution in [0.3, 0.4) is 0 Å². The van der Waals surface area contributed by atoms with Crippen molar-refractivity contribution in [3.63, 3.8) is 0 Å². The molecule has 0 saturated heterocycles. The summed E-state index contributed by atoms with van der Waals surface area (Å²) < 4.78 is 1.07. The maximum atomic E-state index is 8.26. The molecule has 72 valence electrons. The van der Waals surface area contributed by atoms with E-state index in [0.717, 1.165) is 16.5 Å². The molecule has 0 amide bonds. The van der Waals surface area contributed by atoms with Crippen LogP contribution in [0.5, 0.6) is 0 Å². The Labute approximate surface area is 84.9 Å². The Morgan fingerprint density at radius 3 is 3.23 bits per heavy atom. The third kappa shape index (κ3) is 4.14. The highest BCUT2D eigenvalue weighted by Gasteiger charge is 1.97. The number of hydrogen-bond acceptors (Lipinski definition) is 5. The van der Waals surface area contributed by atoms with E-state index >= 15 is 0 Å². The molecule has 6 heteroatoms. The zero-order valence-electron chi connectivity index (χ0n) is 7.01. The van der Waals surface area contributed by atoms with E-state index in [9.17, 15) is 0 Å². The molecule has 0 aromatic carbocycles. The second-order valence-corrected chi connectivity index (χ2v) is 4.58. The van der Waals surface area contributed by atoms with Crippen molar-refractivity contribution in [1.29, 1.82) is 0 Å². The van der Waals surface area contributed by atoms with Crippen molar-refractivity contribution < 1.29 is 5.21 Å². The Balaban J connectivity index is 2.08. The quantitative estimate of drug-likeness (QED) is 0.197. The summed E-state index contributed by atoms with van der Waals surface area (Å²) in [5.74, 6) is 1.24.